The number of amides is 2. The van der Waals surface area contributed by atoms with Crippen molar-refractivity contribution in [1.82, 2.24) is 34.6 Å². The zero-order valence-corrected chi connectivity index (χ0v) is 29.9. The highest BCUT2D eigenvalue weighted by Gasteiger charge is 2.45. The van der Waals surface area contributed by atoms with E-state index >= 15 is 0 Å². The number of methoxy groups -OCH3 is 1. The molecular weight excluding hydrogens is 691 g/mol. The molecule has 1 spiro atoms. The van der Waals surface area contributed by atoms with Crippen molar-refractivity contribution in [2.24, 2.45) is 14.1 Å². The normalized spacial score (nSPS) is 20.0. The highest BCUT2D eigenvalue weighted by Crippen LogP contribution is 2.47. The van der Waals surface area contributed by atoms with E-state index < -0.39 is 11.2 Å². The number of pyridine rings is 2. The van der Waals surface area contributed by atoms with Crippen LogP contribution in [-0.2, 0) is 20.5 Å². The molecule has 12 nitrogen and oxygen atoms in total. The Morgan fingerprint density at radius 1 is 0.980 bits per heavy atom. The minimum absolute atomic E-state index is 0.0924. The van der Waals surface area contributed by atoms with Crippen LogP contribution in [0.15, 0.2) is 64.3 Å². The Balaban J connectivity index is 1.12. The topological polar surface area (TPSA) is 135 Å². The highest BCUT2D eigenvalue weighted by atomic mass is 35.5. The van der Waals surface area contributed by atoms with Crippen molar-refractivity contribution < 1.29 is 9.53 Å². The number of hydrogen-bond acceptors (Lipinski definition) is 8. The molecule has 0 bridgehead atoms. The van der Waals surface area contributed by atoms with E-state index in [2.05, 4.69) is 31.9 Å². The second-order valence-corrected chi connectivity index (χ2v) is 14.3. The van der Waals surface area contributed by atoms with Gasteiger partial charge in [0.15, 0.2) is 0 Å². The van der Waals surface area contributed by atoms with Gasteiger partial charge in [-0.15, -0.1) is 0 Å². The lowest BCUT2D eigenvalue weighted by Gasteiger charge is -2.36. The summed E-state index contributed by atoms with van der Waals surface area (Å²) in [5, 5.41) is 10.4. The molecule has 5 aromatic rings. The number of carbonyl (C=O) groups excluding carboxylic acids is 1. The van der Waals surface area contributed by atoms with E-state index in [4.69, 9.17) is 32.9 Å². The van der Waals surface area contributed by atoms with Gasteiger partial charge in [-0.3, -0.25) is 18.8 Å². The van der Waals surface area contributed by atoms with Gasteiger partial charge in [-0.1, -0.05) is 53.5 Å². The van der Waals surface area contributed by atoms with E-state index in [1.165, 1.54) is 23.4 Å². The fourth-order valence-corrected chi connectivity index (χ4v) is 8.60. The lowest BCUT2D eigenvalue weighted by molar-refractivity contribution is 0.187. The standard InChI is InChI=1S/C37H36Cl2N8O4/c1-45-26-12-15-40-32(29(26)34(48)46(2)36(45)50)42-24-9-5-7-22(31(24)39)21-6-4-8-23(30(21)38)25-18-20-10-11-27(28(20)33(43-25)51-3)47-17-14-37(19-47)13-16-41-35(49)44-37/h4-9,12,15,18,27H,10-11,13-14,16-17,19H2,1-3H3,(H,40,42)(H2,41,44,49)/t27-,37-/m0/s1. The Morgan fingerprint density at radius 3 is 2.53 bits per heavy atom. The van der Waals surface area contributed by atoms with Crippen molar-refractivity contribution in [2.45, 2.75) is 37.3 Å². The van der Waals surface area contributed by atoms with Gasteiger partial charge >= 0.3 is 11.7 Å². The SMILES string of the molecule is COc1nc(-c2cccc(-c3cccc(Nc4nccc5c4c(=O)n(C)c(=O)n5C)c3Cl)c2Cl)cc2c1[C@@H](N1CC[C@@]3(CCNC(=O)N3)C1)CC2. The lowest BCUT2D eigenvalue weighted by atomic mass is 9.93. The fourth-order valence-electron chi connectivity index (χ4n) is 8.00. The van der Waals surface area contributed by atoms with E-state index in [9.17, 15) is 14.4 Å². The summed E-state index contributed by atoms with van der Waals surface area (Å²) in [6, 6.07) is 15.1. The van der Waals surface area contributed by atoms with Crippen LogP contribution in [0.3, 0.4) is 0 Å². The van der Waals surface area contributed by atoms with Crippen LogP contribution in [0.5, 0.6) is 5.88 Å². The number of anilines is 2. The van der Waals surface area contributed by atoms with Crippen LogP contribution in [0.4, 0.5) is 16.3 Å². The van der Waals surface area contributed by atoms with E-state index in [1.54, 1.807) is 26.3 Å². The summed E-state index contributed by atoms with van der Waals surface area (Å²) in [6.07, 6.45) is 5.18. The van der Waals surface area contributed by atoms with Crippen LogP contribution < -0.4 is 31.9 Å². The summed E-state index contributed by atoms with van der Waals surface area (Å²) in [5.41, 5.74) is 4.98. The van der Waals surface area contributed by atoms with Crippen LogP contribution in [0.25, 0.3) is 33.3 Å². The van der Waals surface area contributed by atoms with Gasteiger partial charge in [0.1, 0.15) is 11.2 Å². The number of nitrogens with one attached hydrogen (secondary N) is 3. The van der Waals surface area contributed by atoms with Crippen LogP contribution in [-0.4, -0.2) is 62.3 Å². The number of fused-ring (bicyclic) bond motifs is 2. The van der Waals surface area contributed by atoms with Gasteiger partial charge in [-0.05, 0) is 49.4 Å². The molecule has 2 amide bonds. The number of aromatic nitrogens is 4. The number of ether oxygens (including phenoxy) is 1. The van der Waals surface area contributed by atoms with Gasteiger partial charge < -0.3 is 20.7 Å². The predicted octanol–water partition coefficient (Wildman–Crippen LogP) is 5.55. The van der Waals surface area contributed by atoms with E-state index in [0.29, 0.717) is 50.5 Å². The maximum absolute atomic E-state index is 13.2. The van der Waals surface area contributed by atoms with Gasteiger partial charge in [0.05, 0.1) is 39.6 Å². The molecule has 0 unspecified atom stereocenters. The first-order valence-corrected chi connectivity index (χ1v) is 17.6. The molecule has 2 saturated heterocycles. The third-order valence-corrected chi connectivity index (χ3v) is 11.4. The zero-order chi connectivity index (χ0) is 35.6. The number of carbonyl (C=O) groups is 1. The average molecular weight is 728 g/mol. The van der Waals surface area contributed by atoms with Crippen LogP contribution in [0, 0.1) is 0 Å². The molecule has 3 N–H and O–H groups in total. The summed E-state index contributed by atoms with van der Waals surface area (Å²) in [4.78, 5) is 49.7. The quantitative estimate of drug-likeness (QED) is 0.207. The second-order valence-electron chi connectivity index (χ2n) is 13.5. The molecule has 3 aromatic heterocycles. The smallest absolute Gasteiger partial charge is 0.330 e. The third kappa shape index (κ3) is 5.53. The number of benzene rings is 2. The van der Waals surface area contributed by atoms with Crippen molar-refractivity contribution in [2.75, 3.05) is 32.1 Å². The fraction of sp³-hybridized carbons (Fsp3) is 0.324. The molecule has 51 heavy (non-hydrogen) atoms. The molecule has 5 heterocycles. The van der Waals surface area contributed by atoms with E-state index in [0.717, 1.165) is 54.5 Å². The molecule has 1 aliphatic carbocycles. The maximum Gasteiger partial charge on any atom is 0.330 e. The first-order chi connectivity index (χ1) is 24.6. The maximum atomic E-state index is 13.2. The third-order valence-electron chi connectivity index (χ3n) is 10.6. The minimum Gasteiger partial charge on any atom is -0.481 e. The first kappa shape index (κ1) is 33.2. The van der Waals surface area contributed by atoms with Gasteiger partial charge in [-0.25, -0.2) is 19.6 Å². The van der Waals surface area contributed by atoms with Crippen molar-refractivity contribution in [1.29, 1.82) is 0 Å². The molecular formula is C37H36Cl2N8O4. The zero-order valence-electron chi connectivity index (χ0n) is 28.3. The summed E-state index contributed by atoms with van der Waals surface area (Å²) in [7, 11) is 4.70. The Labute approximate surface area is 303 Å². The van der Waals surface area contributed by atoms with Gasteiger partial charge in [0, 0.05) is 68.2 Å². The molecule has 2 aliphatic heterocycles. The Kier molecular flexibility index (Phi) is 8.28. The monoisotopic (exact) mass is 726 g/mol. The summed E-state index contributed by atoms with van der Waals surface area (Å²) in [5.74, 6) is 0.858. The molecule has 3 aliphatic rings. The van der Waals surface area contributed by atoms with Crippen LogP contribution in [0.2, 0.25) is 10.0 Å². The number of halogens is 2. The van der Waals surface area contributed by atoms with Crippen LogP contribution >= 0.6 is 23.2 Å². The molecule has 14 heteroatoms. The van der Waals surface area contributed by atoms with Crippen molar-refractivity contribution >= 4 is 51.6 Å². The summed E-state index contributed by atoms with van der Waals surface area (Å²) >= 11 is 14.2. The number of likely N-dealkylation sites (tertiary alicyclic amines) is 1. The van der Waals surface area contributed by atoms with Crippen LogP contribution in [0.1, 0.15) is 36.4 Å². The second kappa shape index (κ2) is 12.7. The number of nitrogens with zero attached hydrogens (tertiary/aromatic N) is 5. The molecule has 0 saturated carbocycles. The van der Waals surface area contributed by atoms with Crippen molar-refractivity contribution in [3.63, 3.8) is 0 Å². The predicted molar refractivity (Wildman–Crippen MR) is 198 cm³/mol. The number of aryl methyl sites for hydroxylation is 2. The van der Waals surface area contributed by atoms with E-state index in [-0.39, 0.29) is 28.8 Å². The van der Waals surface area contributed by atoms with E-state index in [1.807, 2.05) is 30.3 Å². The lowest BCUT2D eigenvalue weighted by Crippen LogP contribution is -2.59. The molecule has 0 radical (unpaired) electrons. The summed E-state index contributed by atoms with van der Waals surface area (Å²) < 4.78 is 8.39. The summed E-state index contributed by atoms with van der Waals surface area (Å²) in [6.45, 7) is 2.38. The van der Waals surface area contributed by atoms with Gasteiger partial charge in [-0.2, -0.15) is 0 Å². The average Bonchev–Trinajstić information content (AvgIpc) is 3.74. The number of urea groups is 1. The molecule has 8 rings (SSSR count). The van der Waals surface area contributed by atoms with Crippen molar-refractivity contribution in [3.05, 3.63) is 96.7 Å². The van der Waals surface area contributed by atoms with Gasteiger partial charge in [0.25, 0.3) is 5.56 Å². The first-order valence-electron chi connectivity index (χ1n) is 16.9. The Bertz CT molecular complexity index is 2380. The highest BCUT2D eigenvalue weighted by molar-refractivity contribution is 6.39. The Hall–Kier alpha value is -4.91. The largest absolute Gasteiger partial charge is 0.481 e. The molecule has 2 fully saturated rings. The van der Waals surface area contributed by atoms with Crippen molar-refractivity contribution in [3.8, 4) is 28.3 Å². The number of hydrogen-bond donors (Lipinski definition) is 3. The molecule has 2 atom stereocenters. The number of rotatable bonds is 6. The Morgan fingerprint density at radius 2 is 1.75 bits per heavy atom. The minimum atomic E-state index is -0.463. The molecule has 2 aromatic carbocycles. The van der Waals surface area contributed by atoms with Gasteiger partial charge in [0.2, 0.25) is 5.88 Å². The molecule has 262 valence electrons.